The minimum Gasteiger partial charge on any atom is -0.457 e. The fraction of sp³-hybridized carbons (Fsp3) is 0.167. The highest BCUT2D eigenvalue weighted by Crippen LogP contribution is 2.33. The van der Waals surface area contributed by atoms with E-state index in [9.17, 15) is 18.0 Å². The van der Waals surface area contributed by atoms with Crippen LogP contribution in [-0.2, 0) is 17.5 Å². The van der Waals surface area contributed by atoms with E-state index in [1.54, 1.807) is 30.3 Å². The summed E-state index contributed by atoms with van der Waals surface area (Å²) in [5.41, 5.74) is 0.478. The number of hydrogen-bond acceptors (Lipinski definition) is 4. The number of hydrogen-bond donors (Lipinski definition) is 0. The van der Waals surface area contributed by atoms with Gasteiger partial charge in [0.25, 0.3) is 0 Å². The van der Waals surface area contributed by atoms with E-state index < -0.39 is 22.7 Å². The van der Waals surface area contributed by atoms with Crippen LogP contribution in [-0.4, -0.2) is 11.0 Å². The van der Waals surface area contributed by atoms with Crippen LogP contribution in [0.5, 0.6) is 0 Å². The average molecular weight is 287 g/mol. The van der Waals surface area contributed by atoms with Gasteiger partial charge in [-0.1, -0.05) is 30.3 Å². The van der Waals surface area contributed by atoms with Crippen molar-refractivity contribution in [3.8, 4) is 0 Å². The van der Waals surface area contributed by atoms with Gasteiger partial charge in [-0.05, 0) is 5.56 Å². The third-order valence-electron chi connectivity index (χ3n) is 2.23. The highest BCUT2D eigenvalue weighted by Gasteiger charge is 2.38. The van der Waals surface area contributed by atoms with Crippen LogP contribution in [0.15, 0.2) is 35.8 Å². The van der Waals surface area contributed by atoms with E-state index in [4.69, 9.17) is 4.74 Å². The van der Waals surface area contributed by atoms with Crippen LogP contribution in [0.25, 0.3) is 0 Å². The third kappa shape index (κ3) is 3.31. The van der Waals surface area contributed by atoms with Gasteiger partial charge in [0, 0.05) is 0 Å². The summed E-state index contributed by atoms with van der Waals surface area (Å²) in [7, 11) is 0. The predicted octanol–water partition coefficient (Wildman–Crippen LogP) is 3.52. The number of rotatable bonds is 3. The van der Waals surface area contributed by atoms with Crippen molar-refractivity contribution < 1.29 is 22.7 Å². The van der Waals surface area contributed by atoms with E-state index in [1.807, 2.05) is 0 Å². The van der Waals surface area contributed by atoms with Gasteiger partial charge in [0.2, 0.25) is 0 Å². The third-order valence-corrected chi connectivity index (χ3v) is 3.04. The Morgan fingerprint density at radius 1 is 1.26 bits per heavy atom. The molecular formula is C12H8F3NO2S. The van der Waals surface area contributed by atoms with Gasteiger partial charge in [-0.3, -0.25) is 0 Å². The smallest absolute Gasteiger partial charge is 0.435 e. The monoisotopic (exact) mass is 287 g/mol. The molecular weight excluding hydrogens is 279 g/mol. The number of carbonyl (C=O) groups excluding carboxylic acids is 1. The molecule has 0 spiro atoms. The Kier molecular flexibility index (Phi) is 3.84. The van der Waals surface area contributed by atoms with Crippen molar-refractivity contribution in [3.05, 3.63) is 52.0 Å². The molecule has 19 heavy (non-hydrogen) atoms. The number of carbonyl (C=O) groups is 1. The van der Waals surface area contributed by atoms with Gasteiger partial charge in [0.15, 0.2) is 5.69 Å². The maximum absolute atomic E-state index is 12.5. The summed E-state index contributed by atoms with van der Waals surface area (Å²) in [6, 6.07) is 8.71. The highest BCUT2D eigenvalue weighted by molar-refractivity contribution is 7.11. The average Bonchev–Trinajstić information content (AvgIpc) is 2.86. The van der Waals surface area contributed by atoms with Crippen molar-refractivity contribution in [2.45, 2.75) is 12.8 Å². The molecule has 100 valence electrons. The first-order chi connectivity index (χ1) is 8.98. The molecule has 0 radical (unpaired) electrons. The maximum Gasteiger partial charge on any atom is 0.435 e. The lowest BCUT2D eigenvalue weighted by molar-refractivity contribution is -0.141. The lowest BCUT2D eigenvalue weighted by Crippen LogP contribution is -2.13. The largest absolute Gasteiger partial charge is 0.457 e. The maximum atomic E-state index is 12.5. The summed E-state index contributed by atoms with van der Waals surface area (Å²) in [6.45, 7) is -0.0745. The molecule has 3 nitrogen and oxygen atoms in total. The number of aromatic nitrogens is 1. The van der Waals surface area contributed by atoms with Gasteiger partial charge in [-0.25, -0.2) is 9.78 Å². The lowest BCUT2D eigenvalue weighted by atomic mass is 10.2. The number of thiazole rings is 1. The topological polar surface area (TPSA) is 39.2 Å². The highest BCUT2D eigenvalue weighted by atomic mass is 32.1. The summed E-state index contributed by atoms with van der Waals surface area (Å²) in [5, 5.41) is 0. The molecule has 0 aliphatic heterocycles. The normalized spacial score (nSPS) is 11.3. The molecule has 0 atom stereocenters. The van der Waals surface area contributed by atoms with Crippen LogP contribution in [0.4, 0.5) is 13.2 Å². The zero-order chi connectivity index (χ0) is 13.9. The second-order valence-corrected chi connectivity index (χ2v) is 4.44. The Bertz CT molecular complexity index is 566. The SMILES string of the molecule is O=C(OCc1ccccc1)c1scnc1C(F)(F)F. The van der Waals surface area contributed by atoms with Crippen LogP contribution in [0.3, 0.4) is 0 Å². The van der Waals surface area contributed by atoms with E-state index in [0.29, 0.717) is 16.9 Å². The number of esters is 1. The minimum atomic E-state index is -4.65. The van der Waals surface area contributed by atoms with Crippen molar-refractivity contribution in [1.82, 2.24) is 4.98 Å². The molecule has 7 heteroatoms. The van der Waals surface area contributed by atoms with Gasteiger partial charge in [0.1, 0.15) is 11.5 Å². The Labute approximate surface area is 110 Å². The van der Waals surface area contributed by atoms with Gasteiger partial charge >= 0.3 is 12.1 Å². The van der Waals surface area contributed by atoms with Crippen molar-refractivity contribution in [2.75, 3.05) is 0 Å². The zero-order valence-corrected chi connectivity index (χ0v) is 10.3. The molecule has 0 amide bonds. The second-order valence-electron chi connectivity index (χ2n) is 3.59. The fourth-order valence-electron chi connectivity index (χ4n) is 1.38. The lowest BCUT2D eigenvalue weighted by Gasteiger charge is -2.07. The summed E-state index contributed by atoms with van der Waals surface area (Å²) in [4.78, 5) is 14.2. The number of ether oxygens (including phenoxy) is 1. The molecule has 0 saturated carbocycles. The van der Waals surface area contributed by atoms with E-state index >= 15 is 0 Å². The molecule has 0 N–H and O–H groups in total. The molecule has 2 aromatic rings. The molecule has 1 heterocycles. The first-order valence-electron chi connectivity index (χ1n) is 5.20. The molecule has 1 aromatic heterocycles. The van der Waals surface area contributed by atoms with Crippen LogP contribution < -0.4 is 0 Å². The predicted molar refractivity (Wildman–Crippen MR) is 62.7 cm³/mol. The van der Waals surface area contributed by atoms with Gasteiger partial charge < -0.3 is 4.74 Å². The van der Waals surface area contributed by atoms with Crippen LogP contribution >= 0.6 is 11.3 Å². The molecule has 1 aromatic carbocycles. The Morgan fingerprint density at radius 2 is 1.95 bits per heavy atom. The second kappa shape index (κ2) is 5.40. The first kappa shape index (κ1) is 13.5. The quantitative estimate of drug-likeness (QED) is 0.811. The zero-order valence-electron chi connectivity index (χ0n) is 9.48. The summed E-state index contributed by atoms with van der Waals surface area (Å²) in [5.74, 6) is -1.02. The molecule has 0 saturated heterocycles. The van der Waals surface area contributed by atoms with Crippen LogP contribution in [0.2, 0.25) is 0 Å². The molecule has 0 unspecified atom stereocenters. The van der Waals surface area contributed by atoms with Crippen molar-refractivity contribution >= 4 is 17.3 Å². The Morgan fingerprint density at radius 3 is 2.58 bits per heavy atom. The standard InChI is InChI=1S/C12H8F3NO2S/c13-12(14,15)10-9(19-7-16-10)11(17)18-6-8-4-2-1-3-5-8/h1-5,7H,6H2. The number of benzene rings is 1. The van der Waals surface area contributed by atoms with Gasteiger partial charge in [-0.2, -0.15) is 13.2 Å². The number of halogens is 3. The first-order valence-corrected chi connectivity index (χ1v) is 6.08. The summed E-state index contributed by atoms with van der Waals surface area (Å²) in [6.07, 6.45) is -4.65. The molecule has 0 fully saturated rings. The number of nitrogens with zero attached hydrogens (tertiary/aromatic N) is 1. The summed E-state index contributed by atoms with van der Waals surface area (Å²) < 4.78 is 42.5. The van der Waals surface area contributed by atoms with Gasteiger partial charge in [-0.15, -0.1) is 11.3 Å². The van der Waals surface area contributed by atoms with E-state index in [2.05, 4.69) is 4.98 Å². The van der Waals surface area contributed by atoms with Crippen molar-refractivity contribution in [2.24, 2.45) is 0 Å². The Hall–Kier alpha value is -1.89. The summed E-state index contributed by atoms with van der Waals surface area (Å²) >= 11 is 0.614. The Balaban J connectivity index is 2.07. The van der Waals surface area contributed by atoms with Crippen LogP contribution in [0, 0.1) is 0 Å². The minimum absolute atomic E-state index is 0.0745. The molecule has 0 aliphatic rings. The van der Waals surface area contributed by atoms with Crippen molar-refractivity contribution in [3.63, 3.8) is 0 Å². The van der Waals surface area contributed by atoms with Crippen molar-refractivity contribution in [1.29, 1.82) is 0 Å². The number of alkyl halides is 3. The van der Waals surface area contributed by atoms with Gasteiger partial charge in [0.05, 0.1) is 5.51 Å². The molecule has 0 aliphatic carbocycles. The fourth-order valence-corrected chi connectivity index (χ4v) is 2.08. The van der Waals surface area contributed by atoms with Crippen LogP contribution in [0.1, 0.15) is 20.9 Å². The van der Waals surface area contributed by atoms with E-state index in [-0.39, 0.29) is 6.61 Å². The molecule has 0 bridgehead atoms. The van der Waals surface area contributed by atoms with E-state index in [0.717, 1.165) is 5.51 Å². The molecule has 2 rings (SSSR count). The van der Waals surface area contributed by atoms with E-state index in [1.165, 1.54) is 0 Å².